The maximum absolute atomic E-state index is 12.3. The van der Waals surface area contributed by atoms with Crippen molar-refractivity contribution in [2.24, 2.45) is 0 Å². The molecule has 2 rings (SSSR count). The second-order valence-electron chi connectivity index (χ2n) is 4.37. The summed E-state index contributed by atoms with van der Waals surface area (Å²) in [4.78, 5) is 3.92. The topological polar surface area (TPSA) is 59.1 Å². The van der Waals surface area contributed by atoms with Gasteiger partial charge in [0, 0.05) is 0 Å². The highest BCUT2D eigenvalue weighted by atomic mass is 35.5. The Labute approximate surface area is 127 Å². The molecule has 1 aromatic carbocycles. The number of halogens is 2. The number of nitrogens with one attached hydrogen (secondary N) is 1. The van der Waals surface area contributed by atoms with E-state index in [0.717, 1.165) is 5.56 Å². The third-order valence-electron chi connectivity index (χ3n) is 2.64. The van der Waals surface area contributed by atoms with Crippen LogP contribution < -0.4 is 4.72 Å². The van der Waals surface area contributed by atoms with Gasteiger partial charge in [0.05, 0.1) is 16.9 Å². The molecule has 0 saturated carbocycles. The molecule has 0 radical (unpaired) electrons. The number of anilines is 1. The molecule has 0 saturated heterocycles. The molecule has 0 atom stereocenters. The molecule has 2 aromatic rings. The Morgan fingerprint density at radius 1 is 1.15 bits per heavy atom. The van der Waals surface area contributed by atoms with E-state index in [2.05, 4.69) is 9.71 Å². The van der Waals surface area contributed by atoms with Crippen LogP contribution in [0.15, 0.2) is 35.4 Å². The summed E-state index contributed by atoms with van der Waals surface area (Å²) in [6, 6.07) is 6.36. The highest BCUT2D eigenvalue weighted by Gasteiger charge is 2.18. The summed E-state index contributed by atoms with van der Waals surface area (Å²) in [5.74, 6) is 0. The molecule has 0 aliphatic rings. The smallest absolute Gasteiger partial charge is 0.263 e. The maximum atomic E-state index is 12.3. The van der Waals surface area contributed by atoms with E-state index in [1.807, 2.05) is 6.92 Å². The van der Waals surface area contributed by atoms with Crippen LogP contribution in [0.4, 0.5) is 5.69 Å². The molecule has 1 N–H and O–H groups in total. The van der Waals surface area contributed by atoms with Crippen molar-refractivity contribution in [1.82, 2.24) is 4.98 Å². The Morgan fingerprint density at radius 2 is 1.85 bits per heavy atom. The summed E-state index contributed by atoms with van der Waals surface area (Å²) in [6.45, 7) is 3.58. The lowest BCUT2D eigenvalue weighted by Crippen LogP contribution is -2.13. The number of aryl methyl sites for hydroxylation is 2. The van der Waals surface area contributed by atoms with E-state index in [1.54, 1.807) is 25.1 Å². The van der Waals surface area contributed by atoms with Crippen molar-refractivity contribution >= 4 is 38.9 Å². The van der Waals surface area contributed by atoms with Crippen molar-refractivity contribution < 1.29 is 8.42 Å². The van der Waals surface area contributed by atoms with Gasteiger partial charge in [-0.3, -0.25) is 4.72 Å². The number of hydrogen-bond acceptors (Lipinski definition) is 3. The molecular formula is C13H12Cl2N2O2S. The van der Waals surface area contributed by atoms with E-state index in [0.29, 0.717) is 16.4 Å². The fourth-order valence-corrected chi connectivity index (χ4v) is 3.39. The summed E-state index contributed by atoms with van der Waals surface area (Å²) < 4.78 is 27.0. The van der Waals surface area contributed by atoms with Crippen LogP contribution in [0.2, 0.25) is 10.2 Å². The van der Waals surface area contributed by atoms with Gasteiger partial charge in [0.25, 0.3) is 10.0 Å². The van der Waals surface area contributed by atoms with Gasteiger partial charge < -0.3 is 0 Å². The molecule has 0 spiro atoms. The monoisotopic (exact) mass is 330 g/mol. The number of nitrogens with zero attached hydrogens (tertiary/aromatic N) is 1. The van der Waals surface area contributed by atoms with Gasteiger partial charge in [-0.1, -0.05) is 29.3 Å². The second-order valence-corrected chi connectivity index (χ2v) is 6.79. The molecule has 1 heterocycles. The van der Waals surface area contributed by atoms with Gasteiger partial charge in [0.1, 0.15) is 10.0 Å². The maximum Gasteiger partial charge on any atom is 0.263 e. The van der Waals surface area contributed by atoms with Crippen LogP contribution in [-0.2, 0) is 10.0 Å². The molecule has 0 aliphatic heterocycles. The minimum absolute atomic E-state index is 0.0253. The highest BCUT2D eigenvalue weighted by molar-refractivity contribution is 7.92. The largest absolute Gasteiger partial charge is 0.278 e. The SMILES string of the molecule is Cc1ccc(S(=O)(=O)Nc2cnc(Cl)c(C)c2)c(Cl)c1. The first-order valence-electron chi connectivity index (χ1n) is 5.71. The first-order chi connectivity index (χ1) is 9.29. The van der Waals surface area contributed by atoms with Gasteiger partial charge in [-0.25, -0.2) is 13.4 Å². The Morgan fingerprint density at radius 3 is 2.45 bits per heavy atom. The van der Waals surface area contributed by atoms with Crippen LogP contribution in [0.1, 0.15) is 11.1 Å². The fourth-order valence-electron chi connectivity index (χ4n) is 1.65. The third kappa shape index (κ3) is 3.23. The van der Waals surface area contributed by atoms with Crippen molar-refractivity contribution in [3.8, 4) is 0 Å². The van der Waals surface area contributed by atoms with E-state index < -0.39 is 10.0 Å². The van der Waals surface area contributed by atoms with Crippen LogP contribution in [-0.4, -0.2) is 13.4 Å². The summed E-state index contributed by atoms with van der Waals surface area (Å²) in [7, 11) is -3.76. The zero-order valence-electron chi connectivity index (χ0n) is 10.8. The van der Waals surface area contributed by atoms with E-state index in [-0.39, 0.29) is 9.92 Å². The van der Waals surface area contributed by atoms with Gasteiger partial charge >= 0.3 is 0 Å². The van der Waals surface area contributed by atoms with Crippen LogP contribution in [0, 0.1) is 13.8 Å². The minimum atomic E-state index is -3.76. The number of benzene rings is 1. The number of pyridine rings is 1. The predicted octanol–water partition coefficient (Wildman–Crippen LogP) is 3.81. The van der Waals surface area contributed by atoms with Gasteiger partial charge in [-0.2, -0.15) is 0 Å². The third-order valence-corrected chi connectivity index (χ3v) is 4.90. The zero-order valence-corrected chi connectivity index (χ0v) is 13.1. The van der Waals surface area contributed by atoms with E-state index in [4.69, 9.17) is 23.2 Å². The first-order valence-corrected chi connectivity index (χ1v) is 7.94. The fraction of sp³-hybridized carbons (Fsp3) is 0.154. The quantitative estimate of drug-likeness (QED) is 0.870. The average molecular weight is 331 g/mol. The summed E-state index contributed by atoms with van der Waals surface area (Å²) >= 11 is 11.8. The van der Waals surface area contributed by atoms with E-state index in [1.165, 1.54) is 12.3 Å². The molecular weight excluding hydrogens is 319 g/mol. The van der Waals surface area contributed by atoms with Crippen molar-refractivity contribution in [3.63, 3.8) is 0 Å². The van der Waals surface area contributed by atoms with Crippen molar-refractivity contribution in [2.45, 2.75) is 18.7 Å². The van der Waals surface area contributed by atoms with Gasteiger partial charge in [-0.05, 0) is 43.2 Å². The minimum Gasteiger partial charge on any atom is -0.278 e. The number of aromatic nitrogens is 1. The molecule has 0 aliphatic carbocycles. The van der Waals surface area contributed by atoms with Crippen LogP contribution in [0.3, 0.4) is 0 Å². The lowest BCUT2D eigenvalue weighted by atomic mass is 10.2. The number of sulfonamides is 1. The lowest BCUT2D eigenvalue weighted by Gasteiger charge is -2.10. The number of hydrogen-bond donors (Lipinski definition) is 1. The predicted molar refractivity (Wildman–Crippen MR) is 81.0 cm³/mol. The lowest BCUT2D eigenvalue weighted by molar-refractivity contribution is 0.601. The standard InChI is InChI=1S/C13H12Cl2N2O2S/c1-8-3-4-12(11(14)5-8)20(18,19)17-10-6-9(2)13(15)16-7-10/h3-7,17H,1-2H3. The zero-order chi connectivity index (χ0) is 14.9. The Kier molecular flexibility index (Phi) is 4.22. The average Bonchev–Trinajstić information content (AvgIpc) is 2.33. The van der Waals surface area contributed by atoms with Crippen LogP contribution >= 0.6 is 23.2 Å². The van der Waals surface area contributed by atoms with Gasteiger partial charge in [-0.15, -0.1) is 0 Å². The molecule has 4 nitrogen and oxygen atoms in total. The highest BCUT2D eigenvalue weighted by Crippen LogP contribution is 2.25. The van der Waals surface area contributed by atoms with Gasteiger partial charge in [0.2, 0.25) is 0 Å². The van der Waals surface area contributed by atoms with E-state index >= 15 is 0 Å². The Bertz CT molecular complexity index is 761. The molecule has 0 bridgehead atoms. The molecule has 20 heavy (non-hydrogen) atoms. The Hall–Kier alpha value is -1.30. The second kappa shape index (κ2) is 5.60. The summed E-state index contributed by atoms with van der Waals surface area (Å²) in [6.07, 6.45) is 1.36. The van der Waals surface area contributed by atoms with Crippen molar-refractivity contribution in [3.05, 3.63) is 51.8 Å². The molecule has 1 aromatic heterocycles. The van der Waals surface area contributed by atoms with E-state index in [9.17, 15) is 8.42 Å². The van der Waals surface area contributed by atoms with Crippen molar-refractivity contribution in [1.29, 1.82) is 0 Å². The number of rotatable bonds is 3. The molecule has 0 unspecified atom stereocenters. The molecule has 7 heteroatoms. The first kappa shape index (κ1) is 15.1. The summed E-state index contributed by atoms with van der Waals surface area (Å²) in [5, 5.41) is 0.512. The molecule has 0 fully saturated rings. The summed E-state index contributed by atoms with van der Waals surface area (Å²) in [5.41, 5.74) is 1.91. The van der Waals surface area contributed by atoms with Gasteiger partial charge in [0.15, 0.2) is 0 Å². The normalized spacial score (nSPS) is 11.4. The molecule has 106 valence electrons. The van der Waals surface area contributed by atoms with Crippen molar-refractivity contribution in [2.75, 3.05) is 4.72 Å². The molecule has 0 amide bonds. The van der Waals surface area contributed by atoms with Crippen LogP contribution in [0.25, 0.3) is 0 Å². The Balaban J connectivity index is 2.38. The van der Waals surface area contributed by atoms with Crippen LogP contribution in [0.5, 0.6) is 0 Å².